The molecule has 0 heterocycles. The van der Waals surface area contributed by atoms with Crippen molar-refractivity contribution in [2.24, 2.45) is 5.92 Å². The number of amides is 1. The van der Waals surface area contributed by atoms with E-state index in [1.807, 2.05) is 6.07 Å². The second-order valence-electron chi connectivity index (χ2n) is 4.97. The molecular formula is C15H19NO3. The fraction of sp³-hybridized carbons (Fsp3) is 0.467. The molecule has 1 aliphatic rings. The molecule has 4 nitrogen and oxygen atoms in total. The van der Waals surface area contributed by atoms with Crippen LogP contribution in [-0.2, 0) is 29.0 Å². The molecule has 2 rings (SSSR count). The number of nitrogens with one attached hydrogen (secondary N) is 1. The van der Waals surface area contributed by atoms with E-state index in [1.165, 1.54) is 17.5 Å². The van der Waals surface area contributed by atoms with E-state index < -0.39 is 17.8 Å². The van der Waals surface area contributed by atoms with E-state index in [0.717, 1.165) is 18.4 Å². The third-order valence-corrected chi connectivity index (χ3v) is 3.65. The molecule has 102 valence electrons. The van der Waals surface area contributed by atoms with Crippen LogP contribution in [0.1, 0.15) is 36.5 Å². The fourth-order valence-electron chi connectivity index (χ4n) is 2.52. The van der Waals surface area contributed by atoms with Crippen molar-refractivity contribution in [3.05, 3.63) is 34.9 Å². The van der Waals surface area contributed by atoms with Gasteiger partial charge in [-0.05, 0) is 42.4 Å². The second kappa shape index (κ2) is 5.87. The second-order valence-corrected chi connectivity index (χ2v) is 4.97. The number of carboxylic acid groups (broad SMARTS) is 1. The predicted octanol–water partition coefficient (Wildman–Crippen LogP) is 1.90. The maximum Gasteiger partial charge on any atom is 0.316 e. The molecule has 1 aromatic rings. The quantitative estimate of drug-likeness (QED) is 0.796. The summed E-state index contributed by atoms with van der Waals surface area (Å²) in [5, 5.41) is 11.6. The minimum absolute atomic E-state index is 0.311. The minimum Gasteiger partial charge on any atom is -0.481 e. The van der Waals surface area contributed by atoms with E-state index in [9.17, 15) is 9.59 Å². The van der Waals surface area contributed by atoms with Gasteiger partial charge in [-0.1, -0.05) is 25.1 Å². The van der Waals surface area contributed by atoms with Crippen molar-refractivity contribution < 1.29 is 14.7 Å². The summed E-state index contributed by atoms with van der Waals surface area (Å²) >= 11 is 0. The zero-order chi connectivity index (χ0) is 13.8. The van der Waals surface area contributed by atoms with E-state index in [4.69, 9.17) is 5.11 Å². The van der Waals surface area contributed by atoms with Crippen LogP contribution in [0.15, 0.2) is 18.2 Å². The summed E-state index contributed by atoms with van der Waals surface area (Å²) < 4.78 is 0. The van der Waals surface area contributed by atoms with Crippen molar-refractivity contribution in [3.8, 4) is 0 Å². The van der Waals surface area contributed by atoms with Crippen LogP contribution in [0.4, 0.5) is 0 Å². The summed E-state index contributed by atoms with van der Waals surface area (Å²) in [5.74, 6) is -2.42. The van der Waals surface area contributed by atoms with Crippen molar-refractivity contribution in [3.63, 3.8) is 0 Å². The van der Waals surface area contributed by atoms with Gasteiger partial charge in [0.15, 0.2) is 0 Å². The summed E-state index contributed by atoms with van der Waals surface area (Å²) in [6.45, 7) is 2.10. The Morgan fingerprint density at radius 3 is 2.74 bits per heavy atom. The van der Waals surface area contributed by atoms with Crippen LogP contribution in [0.25, 0.3) is 0 Å². The van der Waals surface area contributed by atoms with Gasteiger partial charge in [0.25, 0.3) is 0 Å². The Hall–Kier alpha value is -1.84. The fourth-order valence-corrected chi connectivity index (χ4v) is 2.52. The van der Waals surface area contributed by atoms with Gasteiger partial charge in [-0.3, -0.25) is 9.59 Å². The Labute approximate surface area is 112 Å². The molecule has 0 saturated carbocycles. The lowest BCUT2D eigenvalue weighted by Crippen LogP contribution is -2.34. The van der Waals surface area contributed by atoms with Crippen molar-refractivity contribution >= 4 is 11.9 Å². The number of hydrogen-bond donors (Lipinski definition) is 2. The van der Waals surface area contributed by atoms with Gasteiger partial charge in [-0.2, -0.15) is 0 Å². The van der Waals surface area contributed by atoms with E-state index in [-0.39, 0.29) is 0 Å². The Balaban J connectivity index is 1.95. The first-order chi connectivity index (χ1) is 9.11. The lowest BCUT2D eigenvalue weighted by molar-refractivity contribution is -0.147. The van der Waals surface area contributed by atoms with Gasteiger partial charge >= 0.3 is 5.97 Å². The first-order valence-corrected chi connectivity index (χ1v) is 6.73. The van der Waals surface area contributed by atoms with Gasteiger partial charge in [0, 0.05) is 6.54 Å². The summed E-state index contributed by atoms with van der Waals surface area (Å²) in [6, 6.07) is 6.23. The van der Waals surface area contributed by atoms with Crippen molar-refractivity contribution in [2.45, 2.75) is 39.2 Å². The van der Waals surface area contributed by atoms with Crippen LogP contribution in [0.2, 0.25) is 0 Å². The number of aryl methyl sites for hydroxylation is 2. The van der Waals surface area contributed by atoms with Gasteiger partial charge < -0.3 is 10.4 Å². The van der Waals surface area contributed by atoms with Crippen LogP contribution in [0, 0.1) is 5.92 Å². The molecule has 2 N–H and O–H groups in total. The summed E-state index contributed by atoms with van der Waals surface area (Å²) in [6.07, 6.45) is 3.75. The number of carbonyl (C=O) groups excluding carboxylic acids is 1. The third-order valence-electron chi connectivity index (χ3n) is 3.65. The lowest BCUT2D eigenvalue weighted by Gasteiger charge is -2.11. The lowest BCUT2D eigenvalue weighted by atomic mass is 10.0. The molecule has 0 spiro atoms. The monoisotopic (exact) mass is 261 g/mol. The van der Waals surface area contributed by atoms with Crippen molar-refractivity contribution in [2.75, 3.05) is 0 Å². The van der Waals surface area contributed by atoms with E-state index in [2.05, 4.69) is 17.4 Å². The highest BCUT2D eigenvalue weighted by Crippen LogP contribution is 2.22. The molecule has 0 saturated heterocycles. The molecular weight excluding hydrogens is 242 g/mol. The molecule has 19 heavy (non-hydrogen) atoms. The summed E-state index contributed by atoms with van der Waals surface area (Å²) in [4.78, 5) is 22.6. The maximum absolute atomic E-state index is 11.7. The van der Waals surface area contributed by atoms with Crippen LogP contribution in [0.5, 0.6) is 0 Å². The highest BCUT2D eigenvalue weighted by Gasteiger charge is 2.23. The molecule has 1 atom stereocenters. The highest BCUT2D eigenvalue weighted by molar-refractivity contribution is 5.96. The number of carbonyl (C=O) groups is 2. The van der Waals surface area contributed by atoms with Gasteiger partial charge in [0.1, 0.15) is 5.92 Å². The summed E-state index contributed by atoms with van der Waals surface area (Å²) in [5.41, 5.74) is 3.79. The van der Waals surface area contributed by atoms with E-state index in [1.54, 1.807) is 6.92 Å². The molecule has 0 bridgehead atoms. The zero-order valence-electron chi connectivity index (χ0n) is 11.1. The molecule has 1 aliphatic carbocycles. The molecule has 1 amide bonds. The largest absolute Gasteiger partial charge is 0.481 e. The minimum atomic E-state index is -1.06. The zero-order valence-corrected chi connectivity index (χ0v) is 11.1. The first kappa shape index (κ1) is 13.6. The number of aliphatic carboxylic acids is 1. The predicted molar refractivity (Wildman–Crippen MR) is 71.7 cm³/mol. The van der Waals surface area contributed by atoms with Gasteiger partial charge in [0.05, 0.1) is 0 Å². The maximum atomic E-state index is 11.7. The van der Waals surface area contributed by atoms with Gasteiger partial charge in [-0.25, -0.2) is 0 Å². The van der Waals surface area contributed by atoms with Gasteiger partial charge in [-0.15, -0.1) is 0 Å². The number of hydrogen-bond acceptors (Lipinski definition) is 2. The number of rotatable bonds is 5. The Morgan fingerprint density at radius 2 is 2.05 bits per heavy atom. The molecule has 0 aliphatic heterocycles. The van der Waals surface area contributed by atoms with Crippen molar-refractivity contribution in [1.82, 2.24) is 5.32 Å². The topological polar surface area (TPSA) is 66.4 Å². The third kappa shape index (κ3) is 3.13. The normalized spacial score (nSPS) is 14.8. The molecule has 0 fully saturated rings. The van der Waals surface area contributed by atoms with Gasteiger partial charge in [0.2, 0.25) is 5.91 Å². The Kier molecular flexibility index (Phi) is 4.20. The standard InChI is InChI=1S/C15H19NO3/c1-2-13(15(18)19)14(17)16-9-10-6-7-11-4-3-5-12(11)8-10/h6-8,13H,2-5,9H2,1H3,(H,16,17)(H,18,19). The average Bonchev–Trinajstić information content (AvgIpc) is 2.84. The number of fused-ring (bicyclic) bond motifs is 1. The molecule has 4 heteroatoms. The molecule has 1 aromatic carbocycles. The average molecular weight is 261 g/mol. The van der Waals surface area contributed by atoms with Crippen LogP contribution in [-0.4, -0.2) is 17.0 Å². The highest BCUT2D eigenvalue weighted by atomic mass is 16.4. The van der Waals surface area contributed by atoms with E-state index >= 15 is 0 Å². The van der Waals surface area contributed by atoms with E-state index in [0.29, 0.717) is 13.0 Å². The SMILES string of the molecule is CCC(C(=O)O)C(=O)NCc1ccc2c(c1)CCC2. The first-order valence-electron chi connectivity index (χ1n) is 6.73. The van der Waals surface area contributed by atoms with Crippen molar-refractivity contribution in [1.29, 1.82) is 0 Å². The Bertz CT molecular complexity index is 496. The number of benzene rings is 1. The smallest absolute Gasteiger partial charge is 0.316 e. The molecule has 1 unspecified atom stereocenters. The number of carboxylic acids is 1. The van der Waals surface area contributed by atoms with Crippen LogP contribution >= 0.6 is 0 Å². The van der Waals surface area contributed by atoms with Crippen LogP contribution in [0.3, 0.4) is 0 Å². The Morgan fingerprint density at radius 1 is 1.32 bits per heavy atom. The van der Waals surface area contributed by atoms with Crippen LogP contribution < -0.4 is 5.32 Å². The summed E-state index contributed by atoms with van der Waals surface area (Å²) in [7, 11) is 0. The molecule has 0 aromatic heterocycles. The molecule has 0 radical (unpaired) electrons.